The van der Waals surface area contributed by atoms with Crippen LogP contribution in [0.5, 0.6) is 0 Å². The first kappa shape index (κ1) is 16.9. The summed E-state index contributed by atoms with van der Waals surface area (Å²) < 4.78 is 10.4. The highest BCUT2D eigenvalue weighted by Crippen LogP contribution is 2.21. The first-order valence-corrected chi connectivity index (χ1v) is 7.26. The summed E-state index contributed by atoms with van der Waals surface area (Å²) in [7, 11) is 1.65. The van der Waals surface area contributed by atoms with Crippen LogP contribution in [0.4, 0.5) is 0 Å². The second-order valence-corrected chi connectivity index (χ2v) is 5.02. The number of piperazine rings is 1. The summed E-state index contributed by atoms with van der Waals surface area (Å²) in [6, 6.07) is 0. The third kappa shape index (κ3) is 4.18. The third-order valence-electron chi connectivity index (χ3n) is 3.76. The van der Waals surface area contributed by atoms with Gasteiger partial charge in [-0.05, 0) is 19.3 Å². The Morgan fingerprint density at radius 3 is 2.50 bits per heavy atom. The van der Waals surface area contributed by atoms with Gasteiger partial charge in [-0.1, -0.05) is 13.8 Å². The smallest absolute Gasteiger partial charge is 0.248 e. The predicted molar refractivity (Wildman–Crippen MR) is 75.3 cm³/mol. The number of carbonyl (C=O) groups excluding carboxylic acids is 2. The highest BCUT2D eigenvalue weighted by molar-refractivity contribution is 5.97. The molecule has 0 saturated carbocycles. The molecule has 1 aliphatic heterocycles. The quantitative estimate of drug-likeness (QED) is 0.629. The van der Waals surface area contributed by atoms with Crippen LogP contribution in [-0.4, -0.2) is 62.3 Å². The Labute approximate surface area is 120 Å². The SMILES string of the molecule is CCC1(CC)NC(=O)CN(CCOCCCOC)C1=O. The lowest BCUT2D eigenvalue weighted by Crippen LogP contribution is -2.66. The molecule has 1 aliphatic rings. The van der Waals surface area contributed by atoms with Crippen molar-refractivity contribution in [3.63, 3.8) is 0 Å². The van der Waals surface area contributed by atoms with Crippen molar-refractivity contribution in [2.45, 2.75) is 38.6 Å². The van der Waals surface area contributed by atoms with E-state index in [4.69, 9.17) is 9.47 Å². The maximum absolute atomic E-state index is 12.5. The van der Waals surface area contributed by atoms with E-state index in [9.17, 15) is 9.59 Å². The van der Waals surface area contributed by atoms with Crippen LogP contribution < -0.4 is 5.32 Å². The van der Waals surface area contributed by atoms with E-state index in [0.717, 1.165) is 6.42 Å². The fourth-order valence-corrected chi connectivity index (χ4v) is 2.40. The molecule has 6 nitrogen and oxygen atoms in total. The number of ether oxygens (including phenoxy) is 2. The maximum Gasteiger partial charge on any atom is 0.248 e. The molecular formula is C14H26N2O4. The molecule has 1 N–H and O–H groups in total. The van der Waals surface area contributed by atoms with E-state index < -0.39 is 5.54 Å². The molecule has 1 heterocycles. The van der Waals surface area contributed by atoms with Gasteiger partial charge in [0.2, 0.25) is 11.8 Å². The van der Waals surface area contributed by atoms with Crippen LogP contribution in [-0.2, 0) is 19.1 Å². The Hall–Kier alpha value is -1.14. The first-order valence-electron chi connectivity index (χ1n) is 7.26. The summed E-state index contributed by atoms with van der Waals surface area (Å²) in [5, 5.41) is 2.84. The number of amides is 2. The van der Waals surface area contributed by atoms with Crippen molar-refractivity contribution in [3.8, 4) is 0 Å². The molecule has 0 aromatic rings. The van der Waals surface area contributed by atoms with Gasteiger partial charge < -0.3 is 19.7 Å². The number of rotatable bonds is 9. The molecule has 0 bridgehead atoms. The van der Waals surface area contributed by atoms with E-state index >= 15 is 0 Å². The topological polar surface area (TPSA) is 67.9 Å². The van der Waals surface area contributed by atoms with E-state index in [1.807, 2.05) is 13.8 Å². The molecular weight excluding hydrogens is 260 g/mol. The van der Waals surface area contributed by atoms with Gasteiger partial charge in [-0.2, -0.15) is 0 Å². The molecule has 0 unspecified atom stereocenters. The van der Waals surface area contributed by atoms with Gasteiger partial charge in [0, 0.05) is 26.9 Å². The summed E-state index contributed by atoms with van der Waals surface area (Å²) in [6.45, 7) is 6.16. The van der Waals surface area contributed by atoms with E-state index in [1.165, 1.54) is 0 Å². The Morgan fingerprint density at radius 2 is 1.90 bits per heavy atom. The molecule has 6 heteroatoms. The zero-order valence-electron chi connectivity index (χ0n) is 12.7. The van der Waals surface area contributed by atoms with Crippen LogP contribution in [0.2, 0.25) is 0 Å². The highest BCUT2D eigenvalue weighted by atomic mass is 16.5. The number of hydrogen-bond acceptors (Lipinski definition) is 4. The maximum atomic E-state index is 12.5. The van der Waals surface area contributed by atoms with E-state index in [2.05, 4.69) is 5.32 Å². The zero-order valence-corrected chi connectivity index (χ0v) is 12.7. The van der Waals surface area contributed by atoms with Crippen LogP contribution in [0.15, 0.2) is 0 Å². The van der Waals surface area contributed by atoms with Gasteiger partial charge in [-0.15, -0.1) is 0 Å². The lowest BCUT2D eigenvalue weighted by atomic mass is 9.89. The molecule has 0 aromatic heterocycles. The number of methoxy groups -OCH3 is 1. The van der Waals surface area contributed by atoms with Gasteiger partial charge in [-0.3, -0.25) is 9.59 Å². The standard InChI is InChI=1S/C14H26N2O4/c1-4-14(5-2)13(18)16(11-12(17)15-14)7-10-20-9-6-8-19-3/h4-11H2,1-3H3,(H,15,17). The second-order valence-electron chi connectivity index (χ2n) is 5.02. The summed E-state index contributed by atoms with van der Waals surface area (Å²) in [5.74, 6) is -0.0877. The first-order chi connectivity index (χ1) is 9.59. The Kier molecular flexibility index (Phi) is 6.95. The van der Waals surface area contributed by atoms with Crippen molar-refractivity contribution in [1.82, 2.24) is 10.2 Å². The minimum atomic E-state index is -0.731. The van der Waals surface area contributed by atoms with Gasteiger partial charge in [-0.25, -0.2) is 0 Å². The van der Waals surface area contributed by atoms with E-state index in [-0.39, 0.29) is 18.4 Å². The van der Waals surface area contributed by atoms with Crippen LogP contribution in [0, 0.1) is 0 Å². The largest absolute Gasteiger partial charge is 0.385 e. The normalized spacial score (nSPS) is 18.2. The molecule has 0 atom stereocenters. The molecule has 116 valence electrons. The Bertz CT molecular complexity index is 329. The summed E-state index contributed by atoms with van der Waals surface area (Å²) >= 11 is 0. The van der Waals surface area contributed by atoms with Gasteiger partial charge in [0.05, 0.1) is 13.2 Å². The number of hydrogen-bond donors (Lipinski definition) is 1. The van der Waals surface area contributed by atoms with Gasteiger partial charge in [0.1, 0.15) is 5.54 Å². The molecule has 1 saturated heterocycles. The Morgan fingerprint density at radius 1 is 1.20 bits per heavy atom. The Balaban J connectivity index is 2.44. The molecule has 1 rings (SSSR count). The van der Waals surface area contributed by atoms with Gasteiger partial charge >= 0.3 is 0 Å². The average Bonchev–Trinajstić information content (AvgIpc) is 2.45. The lowest BCUT2D eigenvalue weighted by molar-refractivity contribution is -0.151. The molecule has 0 aliphatic carbocycles. The molecule has 2 amide bonds. The average molecular weight is 286 g/mol. The minimum absolute atomic E-state index is 0.00240. The van der Waals surface area contributed by atoms with Crippen molar-refractivity contribution in [2.75, 3.05) is 40.0 Å². The lowest BCUT2D eigenvalue weighted by Gasteiger charge is -2.41. The van der Waals surface area contributed by atoms with Crippen LogP contribution in [0.1, 0.15) is 33.1 Å². The molecule has 0 radical (unpaired) electrons. The molecule has 20 heavy (non-hydrogen) atoms. The van der Waals surface area contributed by atoms with Crippen molar-refractivity contribution >= 4 is 11.8 Å². The van der Waals surface area contributed by atoms with Crippen molar-refractivity contribution in [3.05, 3.63) is 0 Å². The monoisotopic (exact) mass is 286 g/mol. The van der Waals surface area contributed by atoms with Gasteiger partial charge in [0.25, 0.3) is 0 Å². The van der Waals surface area contributed by atoms with Crippen LogP contribution >= 0.6 is 0 Å². The fraction of sp³-hybridized carbons (Fsp3) is 0.857. The summed E-state index contributed by atoms with van der Waals surface area (Å²) in [4.78, 5) is 25.8. The number of nitrogens with zero attached hydrogens (tertiary/aromatic N) is 1. The number of nitrogens with one attached hydrogen (secondary N) is 1. The van der Waals surface area contributed by atoms with Crippen molar-refractivity contribution in [1.29, 1.82) is 0 Å². The van der Waals surface area contributed by atoms with Crippen molar-refractivity contribution < 1.29 is 19.1 Å². The zero-order chi connectivity index (χ0) is 15.0. The van der Waals surface area contributed by atoms with Crippen molar-refractivity contribution in [2.24, 2.45) is 0 Å². The van der Waals surface area contributed by atoms with Gasteiger partial charge in [0.15, 0.2) is 0 Å². The summed E-state index contributed by atoms with van der Waals surface area (Å²) in [5.41, 5.74) is -0.731. The second kappa shape index (κ2) is 8.21. The minimum Gasteiger partial charge on any atom is -0.385 e. The molecule has 0 spiro atoms. The fourth-order valence-electron chi connectivity index (χ4n) is 2.40. The number of carbonyl (C=O) groups is 2. The predicted octanol–water partition coefficient (Wildman–Crippen LogP) is 0.557. The van der Waals surface area contributed by atoms with E-state index in [0.29, 0.717) is 39.2 Å². The molecule has 0 aromatic carbocycles. The summed E-state index contributed by atoms with van der Waals surface area (Å²) in [6.07, 6.45) is 2.05. The molecule has 1 fully saturated rings. The van der Waals surface area contributed by atoms with E-state index in [1.54, 1.807) is 12.0 Å². The third-order valence-corrected chi connectivity index (χ3v) is 3.76. The van der Waals surface area contributed by atoms with Crippen LogP contribution in [0.3, 0.4) is 0 Å². The highest BCUT2D eigenvalue weighted by Gasteiger charge is 2.43. The van der Waals surface area contributed by atoms with Crippen LogP contribution in [0.25, 0.3) is 0 Å².